The highest BCUT2D eigenvalue weighted by Gasteiger charge is 2.16. The van der Waals surface area contributed by atoms with Gasteiger partial charge in [0.25, 0.3) is 5.78 Å². The molecule has 1 saturated heterocycles. The van der Waals surface area contributed by atoms with Gasteiger partial charge in [0.05, 0.1) is 6.10 Å². The van der Waals surface area contributed by atoms with Crippen LogP contribution in [0.2, 0.25) is 0 Å². The minimum absolute atomic E-state index is 0.285. The van der Waals surface area contributed by atoms with E-state index in [1.54, 1.807) is 4.52 Å². The molecule has 4 rings (SSSR count). The Morgan fingerprint density at radius 2 is 2.43 bits per heavy atom. The van der Waals surface area contributed by atoms with Crippen molar-refractivity contribution in [1.29, 1.82) is 0 Å². The molecule has 1 aliphatic heterocycles. The van der Waals surface area contributed by atoms with Gasteiger partial charge in [0.15, 0.2) is 4.34 Å². The number of nitrogens with one attached hydrogen (secondary N) is 1. The molecule has 0 spiro atoms. The molecule has 0 saturated carbocycles. The van der Waals surface area contributed by atoms with Crippen molar-refractivity contribution in [3.63, 3.8) is 0 Å². The van der Waals surface area contributed by atoms with Crippen molar-refractivity contribution in [2.24, 2.45) is 0 Å². The van der Waals surface area contributed by atoms with Crippen LogP contribution < -0.4 is 5.32 Å². The molecule has 10 heteroatoms. The molecule has 1 N–H and O–H groups in total. The molecule has 1 aliphatic rings. The van der Waals surface area contributed by atoms with Gasteiger partial charge < -0.3 is 10.1 Å². The Bertz CT molecular complexity index is 812. The van der Waals surface area contributed by atoms with Crippen LogP contribution in [0.1, 0.15) is 18.5 Å². The summed E-state index contributed by atoms with van der Waals surface area (Å²) in [7, 11) is 0. The van der Waals surface area contributed by atoms with Crippen LogP contribution in [0.25, 0.3) is 5.78 Å². The summed E-state index contributed by atoms with van der Waals surface area (Å²) in [5.41, 5.74) is 0.897. The SMILES string of the molecule is Cc1cc(Sc2nnc(NCC3CCCO3)s2)n2ncnc2n1. The lowest BCUT2D eigenvalue weighted by molar-refractivity contribution is 0.120. The van der Waals surface area contributed by atoms with Crippen molar-refractivity contribution in [3.05, 3.63) is 18.1 Å². The van der Waals surface area contributed by atoms with E-state index in [0.29, 0.717) is 5.78 Å². The van der Waals surface area contributed by atoms with Crippen LogP contribution in [0.15, 0.2) is 21.8 Å². The Labute approximate surface area is 140 Å². The van der Waals surface area contributed by atoms with Crippen molar-refractivity contribution in [1.82, 2.24) is 29.8 Å². The molecular weight excluding hydrogens is 334 g/mol. The third-order valence-corrected chi connectivity index (χ3v) is 5.38. The minimum atomic E-state index is 0.285. The van der Waals surface area contributed by atoms with Crippen LogP contribution in [0.4, 0.5) is 5.13 Å². The number of anilines is 1. The van der Waals surface area contributed by atoms with E-state index in [1.807, 2.05) is 13.0 Å². The van der Waals surface area contributed by atoms with Crippen molar-refractivity contribution >= 4 is 34.0 Å². The minimum Gasteiger partial charge on any atom is -0.376 e. The lowest BCUT2D eigenvalue weighted by atomic mass is 10.2. The first-order chi connectivity index (χ1) is 11.3. The Morgan fingerprint density at radius 1 is 1.48 bits per heavy atom. The predicted octanol–water partition coefficient (Wildman–Crippen LogP) is 2.03. The molecule has 1 unspecified atom stereocenters. The van der Waals surface area contributed by atoms with Crippen LogP contribution in [0.5, 0.6) is 0 Å². The molecule has 0 amide bonds. The van der Waals surface area contributed by atoms with Gasteiger partial charge >= 0.3 is 0 Å². The highest BCUT2D eigenvalue weighted by molar-refractivity contribution is 8.01. The monoisotopic (exact) mass is 349 g/mol. The summed E-state index contributed by atoms with van der Waals surface area (Å²) < 4.78 is 8.15. The van der Waals surface area contributed by atoms with Gasteiger partial charge in [-0.25, -0.2) is 4.98 Å². The van der Waals surface area contributed by atoms with Crippen LogP contribution in [-0.4, -0.2) is 49.0 Å². The number of aryl methyl sites for hydroxylation is 1. The lowest BCUT2D eigenvalue weighted by Gasteiger charge is -2.08. The number of rotatable bonds is 5. The average Bonchev–Trinajstić information content (AvgIpc) is 3.26. The molecule has 8 nitrogen and oxygen atoms in total. The summed E-state index contributed by atoms with van der Waals surface area (Å²) in [5.74, 6) is 0.591. The topological polar surface area (TPSA) is 90.1 Å². The zero-order chi connectivity index (χ0) is 15.6. The third-order valence-electron chi connectivity index (χ3n) is 3.45. The van der Waals surface area contributed by atoms with E-state index in [1.165, 1.54) is 29.4 Å². The van der Waals surface area contributed by atoms with Gasteiger partial charge in [-0.3, -0.25) is 0 Å². The molecule has 0 radical (unpaired) electrons. The maximum atomic E-state index is 5.59. The van der Waals surface area contributed by atoms with E-state index in [0.717, 1.165) is 46.2 Å². The molecular formula is C13H15N7OS2. The number of fused-ring (bicyclic) bond motifs is 1. The number of aromatic nitrogens is 6. The zero-order valence-corrected chi connectivity index (χ0v) is 14.1. The Morgan fingerprint density at radius 3 is 3.30 bits per heavy atom. The summed E-state index contributed by atoms with van der Waals surface area (Å²) in [6.45, 7) is 3.58. The largest absolute Gasteiger partial charge is 0.376 e. The van der Waals surface area contributed by atoms with Gasteiger partial charge in [0.2, 0.25) is 5.13 Å². The van der Waals surface area contributed by atoms with Gasteiger partial charge in [-0.1, -0.05) is 11.3 Å². The molecule has 0 bridgehead atoms. The van der Waals surface area contributed by atoms with Gasteiger partial charge in [-0.15, -0.1) is 10.2 Å². The fraction of sp³-hybridized carbons (Fsp3) is 0.462. The van der Waals surface area contributed by atoms with Crippen LogP contribution in [0, 0.1) is 6.92 Å². The fourth-order valence-electron chi connectivity index (χ4n) is 2.39. The molecule has 1 atom stereocenters. The number of hydrogen-bond acceptors (Lipinski definition) is 9. The van der Waals surface area contributed by atoms with Crippen LogP contribution in [0.3, 0.4) is 0 Å². The second-order valence-corrected chi connectivity index (χ2v) is 7.44. The number of nitrogens with zero attached hydrogens (tertiary/aromatic N) is 6. The van der Waals surface area contributed by atoms with E-state index in [-0.39, 0.29) is 6.10 Å². The summed E-state index contributed by atoms with van der Waals surface area (Å²) in [5, 5.41) is 17.6. The zero-order valence-electron chi connectivity index (χ0n) is 12.5. The first kappa shape index (κ1) is 14.8. The normalized spacial score (nSPS) is 17.9. The molecule has 3 aromatic rings. The quantitative estimate of drug-likeness (QED) is 0.700. The summed E-state index contributed by atoms with van der Waals surface area (Å²) in [6, 6.07) is 1.97. The van der Waals surface area contributed by atoms with Crippen molar-refractivity contribution in [2.75, 3.05) is 18.5 Å². The Balaban J connectivity index is 1.47. The fourth-order valence-corrected chi connectivity index (χ4v) is 4.24. The predicted molar refractivity (Wildman–Crippen MR) is 87.0 cm³/mol. The second-order valence-electron chi connectivity index (χ2n) is 5.20. The highest BCUT2D eigenvalue weighted by atomic mass is 32.2. The average molecular weight is 349 g/mol. The first-order valence-electron chi connectivity index (χ1n) is 7.32. The molecule has 4 heterocycles. The van der Waals surface area contributed by atoms with E-state index in [2.05, 4.69) is 30.6 Å². The summed E-state index contributed by atoms with van der Waals surface area (Å²) in [4.78, 5) is 8.46. The van der Waals surface area contributed by atoms with E-state index in [9.17, 15) is 0 Å². The second kappa shape index (κ2) is 6.38. The molecule has 23 heavy (non-hydrogen) atoms. The van der Waals surface area contributed by atoms with Crippen LogP contribution >= 0.6 is 23.1 Å². The van der Waals surface area contributed by atoms with E-state index >= 15 is 0 Å². The van der Waals surface area contributed by atoms with Crippen molar-refractivity contribution in [2.45, 2.75) is 35.2 Å². The molecule has 0 aromatic carbocycles. The van der Waals surface area contributed by atoms with Gasteiger partial charge in [0, 0.05) is 18.8 Å². The van der Waals surface area contributed by atoms with E-state index < -0.39 is 0 Å². The third kappa shape index (κ3) is 3.28. The maximum Gasteiger partial charge on any atom is 0.253 e. The molecule has 0 aliphatic carbocycles. The molecule has 1 fully saturated rings. The molecule has 3 aromatic heterocycles. The van der Waals surface area contributed by atoms with Crippen molar-refractivity contribution in [3.8, 4) is 0 Å². The number of hydrogen-bond donors (Lipinski definition) is 1. The Kier molecular flexibility index (Phi) is 4.10. The smallest absolute Gasteiger partial charge is 0.253 e. The van der Waals surface area contributed by atoms with Gasteiger partial charge in [-0.2, -0.15) is 14.6 Å². The Hall–Kier alpha value is -1.78. The maximum absolute atomic E-state index is 5.59. The first-order valence-corrected chi connectivity index (χ1v) is 8.95. The highest BCUT2D eigenvalue weighted by Crippen LogP contribution is 2.32. The van der Waals surface area contributed by atoms with Crippen molar-refractivity contribution < 1.29 is 4.74 Å². The summed E-state index contributed by atoms with van der Waals surface area (Å²) in [6.07, 6.45) is 4.03. The lowest BCUT2D eigenvalue weighted by Crippen LogP contribution is -2.18. The summed E-state index contributed by atoms with van der Waals surface area (Å²) >= 11 is 3.03. The van der Waals surface area contributed by atoms with E-state index in [4.69, 9.17) is 4.74 Å². The van der Waals surface area contributed by atoms with Gasteiger partial charge in [0.1, 0.15) is 11.4 Å². The molecule has 120 valence electrons. The number of ether oxygens (including phenoxy) is 1. The van der Waals surface area contributed by atoms with Gasteiger partial charge in [-0.05, 0) is 37.6 Å². The van der Waals surface area contributed by atoms with Crippen LogP contribution in [-0.2, 0) is 4.74 Å². The standard InChI is InChI=1S/C13H15N7OS2/c1-8-5-10(20-11(17-8)15-7-16-20)22-13-19-18-12(23-13)14-6-9-3-2-4-21-9/h5,7,9H,2-4,6H2,1H3,(H,14,18).